The van der Waals surface area contributed by atoms with Crippen LogP contribution in [-0.4, -0.2) is 25.8 Å². The van der Waals surface area contributed by atoms with E-state index in [1.807, 2.05) is 0 Å². The Bertz CT molecular complexity index is 464. The van der Waals surface area contributed by atoms with Crippen LogP contribution in [0.5, 0.6) is 0 Å². The summed E-state index contributed by atoms with van der Waals surface area (Å²) in [6.07, 6.45) is 1.12. The van der Waals surface area contributed by atoms with Crippen LogP contribution in [-0.2, 0) is 9.84 Å². The molecule has 1 aromatic rings. The third-order valence-corrected chi connectivity index (χ3v) is 2.76. The fourth-order valence-corrected chi connectivity index (χ4v) is 1.56. The zero-order valence-electron chi connectivity index (χ0n) is 8.01. The van der Waals surface area contributed by atoms with Crippen LogP contribution in [0.3, 0.4) is 0 Å². The van der Waals surface area contributed by atoms with Gasteiger partial charge in [0.05, 0.1) is 10.6 Å². The predicted octanol–water partition coefficient (Wildman–Crippen LogP) is 0.0151. The molecule has 0 unspecified atom stereocenters. The van der Waals surface area contributed by atoms with Crippen molar-refractivity contribution in [2.45, 2.75) is 4.90 Å². The number of aliphatic imine (C=N–C) groups is 1. The SMILES string of the molecule is CS(=O)(=O)c1ccc(N=C(N)NO)cc1. The van der Waals surface area contributed by atoms with Crippen LogP contribution in [0.2, 0.25) is 0 Å². The van der Waals surface area contributed by atoms with E-state index in [1.54, 1.807) is 5.48 Å². The van der Waals surface area contributed by atoms with Gasteiger partial charge in [0.2, 0.25) is 5.96 Å². The maximum Gasteiger partial charge on any atom is 0.218 e. The lowest BCUT2D eigenvalue weighted by atomic mass is 10.3. The Morgan fingerprint density at radius 3 is 2.33 bits per heavy atom. The van der Waals surface area contributed by atoms with Crippen LogP contribution in [0.1, 0.15) is 0 Å². The highest BCUT2D eigenvalue weighted by atomic mass is 32.2. The zero-order chi connectivity index (χ0) is 11.5. The van der Waals surface area contributed by atoms with Crippen molar-refractivity contribution >= 4 is 21.5 Å². The Labute approximate surface area is 87.3 Å². The Kier molecular flexibility index (Phi) is 3.28. The molecule has 0 aromatic heterocycles. The van der Waals surface area contributed by atoms with E-state index in [1.165, 1.54) is 24.3 Å². The van der Waals surface area contributed by atoms with Crippen LogP contribution < -0.4 is 11.2 Å². The van der Waals surface area contributed by atoms with E-state index in [-0.39, 0.29) is 10.9 Å². The van der Waals surface area contributed by atoms with Crippen molar-refractivity contribution in [3.63, 3.8) is 0 Å². The van der Waals surface area contributed by atoms with E-state index >= 15 is 0 Å². The second kappa shape index (κ2) is 4.28. The van der Waals surface area contributed by atoms with Crippen LogP contribution in [0.15, 0.2) is 34.2 Å². The smallest absolute Gasteiger partial charge is 0.218 e. The normalized spacial score (nSPS) is 12.5. The molecule has 0 atom stereocenters. The average Bonchev–Trinajstić information content (AvgIpc) is 2.17. The molecule has 0 bridgehead atoms. The molecular formula is C8H11N3O3S. The van der Waals surface area contributed by atoms with Gasteiger partial charge in [0.25, 0.3) is 0 Å². The summed E-state index contributed by atoms with van der Waals surface area (Å²) >= 11 is 0. The van der Waals surface area contributed by atoms with E-state index in [0.717, 1.165) is 6.26 Å². The molecule has 1 aromatic carbocycles. The molecular weight excluding hydrogens is 218 g/mol. The third kappa shape index (κ3) is 3.22. The molecule has 0 spiro atoms. The molecule has 6 nitrogen and oxygen atoms in total. The molecule has 7 heteroatoms. The van der Waals surface area contributed by atoms with E-state index in [2.05, 4.69) is 4.99 Å². The number of rotatable bonds is 2. The number of hydrogen-bond acceptors (Lipinski definition) is 4. The van der Waals surface area contributed by atoms with Crippen molar-refractivity contribution in [1.29, 1.82) is 0 Å². The Balaban J connectivity index is 3.01. The molecule has 0 radical (unpaired) electrons. The minimum atomic E-state index is -3.20. The molecule has 0 aliphatic rings. The van der Waals surface area contributed by atoms with Crippen LogP contribution in [0.25, 0.3) is 0 Å². The number of sulfone groups is 1. The molecule has 0 aliphatic heterocycles. The molecule has 4 N–H and O–H groups in total. The molecule has 0 saturated carbocycles. The predicted molar refractivity (Wildman–Crippen MR) is 55.8 cm³/mol. The number of nitrogens with two attached hydrogens (primary N) is 1. The second-order valence-corrected chi connectivity index (χ2v) is 4.89. The number of hydroxylamine groups is 1. The van der Waals surface area contributed by atoms with Crippen LogP contribution in [0, 0.1) is 0 Å². The highest BCUT2D eigenvalue weighted by Gasteiger charge is 2.05. The highest BCUT2D eigenvalue weighted by Crippen LogP contribution is 2.15. The Morgan fingerprint density at radius 2 is 1.93 bits per heavy atom. The van der Waals surface area contributed by atoms with E-state index in [0.29, 0.717) is 5.69 Å². The van der Waals surface area contributed by atoms with Crippen molar-refractivity contribution in [2.75, 3.05) is 6.26 Å². The van der Waals surface area contributed by atoms with Gasteiger partial charge in [-0.05, 0) is 24.3 Å². The van der Waals surface area contributed by atoms with Gasteiger partial charge < -0.3 is 5.73 Å². The molecule has 0 fully saturated rings. The number of hydrogen-bond donors (Lipinski definition) is 3. The summed E-state index contributed by atoms with van der Waals surface area (Å²) in [7, 11) is -3.20. The largest absolute Gasteiger partial charge is 0.368 e. The molecule has 0 saturated heterocycles. The fraction of sp³-hybridized carbons (Fsp3) is 0.125. The molecule has 82 valence electrons. The van der Waals surface area contributed by atoms with Gasteiger partial charge in [0, 0.05) is 6.26 Å². The molecule has 15 heavy (non-hydrogen) atoms. The number of nitrogens with one attached hydrogen (secondary N) is 1. The van der Waals surface area contributed by atoms with Crippen LogP contribution in [0.4, 0.5) is 5.69 Å². The van der Waals surface area contributed by atoms with E-state index < -0.39 is 9.84 Å². The maximum absolute atomic E-state index is 11.1. The third-order valence-electron chi connectivity index (χ3n) is 1.63. The van der Waals surface area contributed by atoms with E-state index in [9.17, 15) is 8.42 Å². The average molecular weight is 229 g/mol. The van der Waals surface area contributed by atoms with Gasteiger partial charge in [-0.25, -0.2) is 18.9 Å². The lowest BCUT2D eigenvalue weighted by Gasteiger charge is -2.00. The van der Waals surface area contributed by atoms with Crippen LogP contribution >= 0.6 is 0 Å². The number of nitrogens with zero attached hydrogens (tertiary/aromatic N) is 1. The number of benzene rings is 1. The van der Waals surface area contributed by atoms with Crippen molar-refractivity contribution in [2.24, 2.45) is 10.7 Å². The quantitative estimate of drug-likeness (QED) is 0.376. The summed E-state index contributed by atoms with van der Waals surface area (Å²) in [5.41, 5.74) is 7.31. The Hall–Kier alpha value is -1.60. The summed E-state index contributed by atoms with van der Waals surface area (Å²) in [6.45, 7) is 0. The van der Waals surface area contributed by atoms with Gasteiger partial charge in [-0.15, -0.1) is 0 Å². The second-order valence-electron chi connectivity index (χ2n) is 2.87. The minimum absolute atomic E-state index is 0.165. The van der Waals surface area contributed by atoms with Gasteiger partial charge in [0.15, 0.2) is 9.84 Å². The summed E-state index contributed by atoms with van der Waals surface area (Å²) in [6, 6.07) is 5.80. The van der Waals surface area contributed by atoms with Crippen molar-refractivity contribution in [3.05, 3.63) is 24.3 Å². The standard InChI is InChI=1S/C8H11N3O3S/c1-15(13,14)7-4-2-6(3-5-7)10-8(9)11-12/h2-5,12H,1H3,(H3,9,10,11). The van der Waals surface area contributed by atoms with Crippen molar-refractivity contribution in [1.82, 2.24) is 5.48 Å². The summed E-state index contributed by atoms with van der Waals surface area (Å²) in [5, 5.41) is 8.38. The summed E-state index contributed by atoms with van der Waals surface area (Å²) in [4.78, 5) is 3.94. The lowest BCUT2D eigenvalue weighted by Crippen LogP contribution is -2.27. The fourth-order valence-electron chi connectivity index (χ4n) is 0.932. The van der Waals surface area contributed by atoms with Gasteiger partial charge in [-0.3, -0.25) is 5.21 Å². The molecule has 0 aliphatic carbocycles. The van der Waals surface area contributed by atoms with Crippen molar-refractivity contribution in [3.8, 4) is 0 Å². The monoisotopic (exact) mass is 229 g/mol. The zero-order valence-corrected chi connectivity index (χ0v) is 8.82. The van der Waals surface area contributed by atoms with Crippen molar-refractivity contribution < 1.29 is 13.6 Å². The summed E-state index contributed by atoms with van der Waals surface area (Å²) < 4.78 is 22.2. The number of guanidine groups is 1. The first-order valence-electron chi connectivity index (χ1n) is 3.98. The highest BCUT2D eigenvalue weighted by molar-refractivity contribution is 7.90. The van der Waals surface area contributed by atoms with Gasteiger partial charge in [0.1, 0.15) is 0 Å². The molecule has 1 rings (SSSR count). The first-order valence-corrected chi connectivity index (χ1v) is 5.87. The van der Waals surface area contributed by atoms with Gasteiger partial charge in [-0.1, -0.05) is 0 Å². The molecule has 0 heterocycles. The van der Waals surface area contributed by atoms with Gasteiger partial charge in [-0.2, -0.15) is 0 Å². The topological polar surface area (TPSA) is 105 Å². The first-order chi connectivity index (χ1) is 6.93. The molecule has 0 amide bonds. The summed E-state index contributed by atoms with van der Waals surface area (Å²) in [5.74, 6) is -0.165. The lowest BCUT2D eigenvalue weighted by molar-refractivity contribution is 0.233. The van der Waals surface area contributed by atoms with Gasteiger partial charge >= 0.3 is 0 Å². The first kappa shape index (κ1) is 11.5. The Morgan fingerprint density at radius 1 is 1.40 bits per heavy atom. The minimum Gasteiger partial charge on any atom is -0.368 e. The maximum atomic E-state index is 11.1. The van der Waals surface area contributed by atoms with E-state index in [4.69, 9.17) is 10.9 Å².